The normalized spacial score (nSPS) is 17.2. The number of hydrogen-bond acceptors (Lipinski definition) is 7. The Balaban J connectivity index is 1.65. The molecule has 0 fully saturated rings. The van der Waals surface area contributed by atoms with Crippen molar-refractivity contribution in [3.8, 4) is 11.5 Å². The third kappa shape index (κ3) is 2.85. The highest BCUT2D eigenvalue weighted by Crippen LogP contribution is 2.46. The average Bonchev–Trinajstić information content (AvgIpc) is 3.29. The molecule has 1 atom stereocenters. The van der Waals surface area contributed by atoms with Crippen molar-refractivity contribution in [3.63, 3.8) is 0 Å². The SMILES string of the molecule is COc1ccc2occ([C@@H]3CC(=O)Oc4c3c(C)cc3oc(=O)c5c(c43)CCC5)c(=O)c2c1. The summed E-state index contributed by atoms with van der Waals surface area (Å²) in [5.74, 6) is -0.0505. The van der Waals surface area contributed by atoms with Gasteiger partial charge in [0.25, 0.3) is 0 Å². The van der Waals surface area contributed by atoms with Crippen molar-refractivity contribution in [2.45, 2.75) is 38.5 Å². The molecule has 0 amide bonds. The molecule has 0 radical (unpaired) electrons. The van der Waals surface area contributed by atoms with Crippen LogP contribution in [0.3, 0.4) is 0 Å². The molecular weight excluding hydrogens is 424 g/mol. The van der Waals surface area contributed by atoms with Gasteiger partial charge in [-0.1, -0.05) is 0 Å². The van der Waals surface area contributed by atoms with E-state index in [1.807, 2.05) is 6.92 Å². The minimum atomic E-state index is -0.540. The smallest absolute Gasteiger partial charge is 0.339 e. The predicted octanol–water partition coefficient (Wildman–Crippen LogP) is 4.15. The lowest BCUT2D eigenvalue weighted by atomic mass is 9.82. The summed E-state index contributed by atoms with van der Waals surface area (Å²) in [7, 11) is 1.53. The second-order valence-corrected chi connectivity index (χ2v) is 8.62. The molecule has 33 heavy (non-hydrogen) atoms. The Labute approximate surface area is 187 Å². The zero-order chi connectivity index (χ0) is 22.9. The highest BCUT2D eigenvalue weighted by atomic mass is 16.5. The van der Waals surface area contributed by atoms with E-state index in [9.17, 15) is 14.4 Å². The van der Waals surface area contributed by atoms with Gasteiger partial charge in [-0.05, 0) is 61.6 Å². The van der Waals surface area contributed by atoms with Gasteiger partial charge in [0.1, 0.15) is 22.7 Å². The first kappa shape index (κ1) is 19.8. The van der Waals surface area contributed by atoms with Crippen molar-refractivity contribution >= 4 is 27.9 Å². The molecule has 0 spiro atoms. The summed E-state index contributed by atoms with van der Waals surface area (Å²) >= 11 is 0. The minimum Gasteiger partial charge on any atom is -0.497 e. The maximum absolute atomic E-state index is 13.5. The molecule has 7 heteroatoms. The van der Waals surface area contributed by atoms with Crippen LogP contribution >= 0.6 is 0 Å². The number of rotatable bonds is 2. The van der Waals surface area contributed by atoms with Crippen molar-refractivity contribution in [1.29, 1.82) is 0 Å². The van der Waals surface area contributed by atoms with E-state index >= 15 is 0 Å². The second kappa shape index (κ2) is 7.07. The van der Waals surface area contributed by atoms with Gasteiger partial charge < -0.3 is 18.3 Å². The molecule has 0 unspecified atom stereocenters. The summed E-state index contributed by atoms with van der Waals surface area (Å²) < 4.78 is 22.4. The van der Waals surface area contributed by atoms with Crippen molar-refractivity contribution in [1.82, 2.24) is 0 Å². The average molecular weight is 444 g/mol. The molecular formula is C26H20O7. The van der Waals surface area contributed by atoms with Gasteiger partial charge in [0.05, 0.1) is 30.6 Å². The molecule has 4 aromatic rings. The van der Waals surface area contributed by atoms with E-state index < -0.39 is 11.9 Å². The first-order valence-electron chi connectivity index (χ1n) is 10.9. The van der Waals surface area contributed by atoms with Gasteiger partial charge in [-0.3, -0.25) is 9.59 Å². The molecule has 2 aliphatic rings. The third-order valence-corrected chi connectivity index (χ3v) is 6.78. The highest BCUT2D eigenvalue weighted by molar-refractivity contribution is 5.95. The van der Waals surface area contributed by atoms with Crippen molar-refractivity contribution in [3.05, 3.63) is 79.0 Å². The monoisotopic (exact) mass is 444 g/mol. The molecule has 0 saturated carbocycles. The van der Waals surface area contributed by atoms with Gasteiger partial charge in [-0.15, -0.1) is 0 Å². The Kier molecular flexibility index (Phi) is 4.24. The summed E-state index contributed by atoms with van der Waals surface area (Å²) in [5.41, 5.74) is 3.72. The Bertz CT molecular complexity index is 1610. The Morgan fingerprint density at radius 3 is 2.67 bits per heavy atom. The van der Waals surface area contributed by atoms with Gasteiger partial charge in [0, 0.05) is 22.6 Å². The fraction of sp³-hybridized carbons (Fsp3) is 0.269. The molecule has 2 aromatic heterocycles. The lowest BCUT2D eigenvalue weighted by Gasteiger charge is -2.27. The maximum Gasteiger partial charge on any atom is 0.339 e. The van der Waals surface area contributed by atoms with Crippen molar-refractivity contribution in [2.75, 3.05) is 7.11 Å². The van der Waals surface area contributed by atoms with Gasteiger partial charge in [-0.2, -0.15) is 0 Å². The first-order chi connectivity index (χ1) is 16.0. The van der Waals surface area contributed by atoms with Crippen LogP contribution in [-0.2, 0) is 17.6 Å². The Hall–Kier alpha value is -3.87. The largest absolute Gasteiger partial charge is 0.497 e. The minimum absolute atomic E-state index is 0.0125. The van der Waals surface area contributed by atoms with Crippen molar-refractivity contribution < 1.29 is 23.1 Å². The zero-order valence-electron chi connectivity index (χ0n) is 18.2. The summed E-state index contributed by atoms with van der Waals surface area (Å²) in [6, 6.07) is 6.85. The van der Waals surface area contributed by atoms with Crippen LogP contribution in [0.25, 0.3) is 21.9 Å². The number of methoxy groups -OCH3 is 1. The Morgan fingerprint density at radius 1 is 1.03 bits per heavy atom. The number of carbonyl (C=O) groups is 1. The molecule has 1 aliphatic carbocycles. The van der Waals surface area contributed by atoms with Crippen LogP contribution in [0.2, 0.25) is 0 Å². The lowest BCUT2D eigenvalue weighted by molar-refractivity contribution is -0.135. The van der Waals surface area contributed by atoms with E-state index in [0.29, 0.717) is 57.4 Å². The summed E-state index contributed by atoms with van der Waals surface area (Å²) in [6.45, 7) is 1.86. The van der Waals surface area contributed by atoms with E-state index in [1.165, 1.54) is 13.4 Å². The molecule has 0 saturated heterocycles. The quantitative estimate of drug-likeness (QED) is 0.260. The van der Waals surface area contributed by atoms with Crippen LogP contribution in [0.5, 0.6) is 11.5 Å². The summed E-state index contributed by atoms with van der Waals surface area (Å²) in [4.78, 5) is 38.7. The lowest BCUT2D eigenvalue weighted by Crippen LogP contribution is -2.26. The molecule has 2 aromatic carbocycles. The number of carbonyl (C=O) groups excluding carboxylic acids is 1. The summed E-state index contributed by atoms with van der Waals surface area (Å²) in [6.07, 6.45) is 3.65. The number of aryl methyl sites for hydroxylation is 2. The van der Waals surface area contributed by atoms with Gasteiger partial charge in [-0.25, -0.2) is 4.79 Å². The number of ether oxygens (including phenoxy) is 2. The van der Waals surface area contributed by atoms with E-state index in [4.69, 9.17) is 18.3 Å². The molecule has 6 rings (SSSR count). The molecule has 7 nitrogen and oxygen atoms in total. The second-order valence-electron chi connectivity index (χ2n) is 8.62. The first-order valence-corrected chi connectivity index (χ1v) is 10.9. The van der Waals surface area contributed by atoms with E-state index in [2.05, 4.69) is 0 Å². The van der Waals surface area contributed by atoms with Crippen LogP contribution in [0.1, 0.15) is 46.6 Å². The molecule has 1 aliphatic heterocycles. The number of hydrogen-bond donors (Lipinski definition) is 0. The third-order valence-electron chi connectivity index (χ3n) is 6.78. The topological polar surface area (TPSA) is 95.9 Å². The molecule has 166 valence electrons. The maximum atomic E-state index is 13.5. The van der Waals surface area contributed by atoms with Crippen LogP contribution in [-0.4, -0.2) is 13.1 Å². The predicted molar refractivity (Wildman–Crippen MR) is 120 cm³/mol. The molecule has 3 heterocycles. The van der Waals surface area contributed by atoms with Gasteiger partial charge >= 0.3 is 11.6 Å². The fourth-order valence-electron chi connectivity index (χ4n) is 5.27. The van der Waals surface area contributed by atoms with E-state index in [1.54, 1.807) is 24.3 Å². The summed E-state index contributed by atoms with van der Waals surface area (Å²) in [5, 5.41) is 1.05. The number of benzene rings is 2. The zero-order valence-corrected chi connectivity index (χ0v) is 18.2. The number of fused-ring (bicyclic) bond motifs is 6. The molecule has 0 bridgehead atoms. The Morgan fingerprint density at radius 2 is 1.85 bits per heavy atom. The molecule has 0 N–H and O–H groups in total. The van der Waals surface area contributed by atoms with Gasteiger partial charge in [0.15, 0.2) is 5.43 Å². The van der Waals surface area contributed by atoms with Gasteiger partial charge in [0.2, 0.25) is 0 Å². The van der Waals surface area contributed by atoms with Crippen LogP contribution in [0.4, 0.5) is 0 Å². The van der Waals surface area contributed by atoms with Crippen molar-refractivity contribution in [2.24, 2.45) is 0 Å². The standard InChI is InChI=1S/C26H20O7/c1-12-8-20-23(14-4-3-5-15(14)26(29)32-20)25-22(12)16(10-21(27)33-25)18-11-31-19-7-6-13(30-2)9-17(19)24(18)28/h6-9,11,16H,3-5,10H2,1-2H3/t16-/m0/s1. The fourth-order valence-corrected chi connectivity index (χ4v) is 5.27. The van der Waals surface area contributed by atoms with Crippen LogP contribution < -0.4 is 20.5 Å². The number of esters is 1. The van der Waals surface area contributed by atoms with E-state index in [0.717, 1.165) is 23.1 Å². The van der Waals surface area contributed by atoms with Crippen LogP contribution in [0, 0.1) is 6.92 Å². The highest BCUT2D eigenvalue weighted by Gasteiger charge is 2.36. The van der Waals surface area contributed by atoms with Crippen LogP contribution in [0.15, 0.2) is 49.0 Å². The van der Waals surface area contributed by atoms with E-state index in [-0.39, 0.29) is 17.5 Å².